The molecule has 0 spiro atoms. The second-order valence-corrected chi connectivity index (χ2v) is 2.67. The van der Waals surface area contributed by atoms with Gasteiger partial charge in [-0.15, -0.1) is 0 Å². The molecule has 1 heterocycles. The number of rotatable bonds is 0. The van der Waals surface area contributed by atoms with Gasteiger partial charge in [0, 0.05) is 6.92 Å². The van der Waals surface area contributed by atoms with Crippen molar-refractivity contribution in [2.45, 2.75) is 13.8 Å². The first-order valence-corrected chi connectivity index (χ1v) is 3.62. The van der Waals surface area contributed by atoms with Crippen LogP contribution in [0.1, 0.15) is 23.1 Å². The molecule has 12 heavy (non-hydrogen) atoms. The average molecular weight is 184 g/mol. The van der Waals surface area contributed by atoms with Gasteiger partial charge in [0.25, 0.3) is 0 Å². The summed E-state index contributed by atoms with van der Waals surface area (Å²) in [5.41, 5.74) is 0.588. The summed E-state index contributed by atoms with van der Waals surface area (Å²) in [7, 11) is 0. The van der Waals surface area contributed by atoms with Crippen LogP contribution in [0.2, 0.25) is 5.02 Å². The molecule has 1 rings (SSSR count). The Morgan fingerprint density at radius 1 is 1.75 bits per heavy atom. The molecule has 5 heteroatoms. The maximum atomic E-state index is 10.9. The van der Waals surface area contributed by atoms with Gasteiger partial charge in [-0.2, -0.15) is 10.4 Å². The molecule has 62 valence electrons. The van der Waals surface area contributed by atoms with Crippen LogP contribution in [-0.4, -0.2) is 15.7 Å². The van der Waals surface area contributed by atoms with Gasteiger partial charge in [0.05, 0.1) is 5.69 Å². The molecule has 0 saturated heterocycles. The van der Waals surface area contributed by atoms with E-state index >= 15 is 0 Å². The highest BCUT2D eigenvalue weighted by Gasteiger charge is 2.13. The molecule has 0 bridgehead atoms. The zero-order valence-electron chi connectivity index (χ0n) is 6.63. The van der Waals surface area contributed by atoms with E-state index in [1.807, 2.05) is 0 Å². The highest BCUT2D eigenvalue weighted by molar-refractivity contribution is 6.32. The molecular weight excluding hydrogens is 178 g/mol. The predicted molar refractivity (Wildman–Crippen MR) is 43.0 cm³/mol. The lowest BCUT2D eigenvalue weighted by Gasteiger charge is -1.94. The summed E-state index contributed by atoms with van der Waals surface area (Å²) in [5.74, 6) is -0.254. The number of nitrogens with zero attached hydrogens (tertiary/aromatic N) is 3. The van der Waals surface area contributed by atoms with E-state index in [-0.39, 0.29) is 16.6 Å². The lowest BCUT2D eigenvalue weighted by Crippen LogP contribution is -2.09. The predicted octanol–water partition coefficient (Wildman–Crippen LogP) is 1.38. The van der Waals surface area contributed by atoms with Crippen LogP contribution < -0.4 is 0 Å². The van der Waals surface area contributed by atoms with Gasteiger partial charge in [-0.05, 0) is 6.92 Å². The van der Waals surface area contributed by atoms with Crippen LogP contribution in [0.15, 0.2) is 0 Å². The van der Waals surface area contributed by atoms with E-state index in [0.29, 0.717) is 5.69 Å². The molecule has 0 saturated carbocycles. The van der Waals surface area contributed by atoms with Crippen LogP contribution in [-0.2, 0) is 0 Å². The molecule has 0 aliphatic rings. The molecule has 0 radical (unpaired) electrons. The van der Waals surface area contributed by atoms with E-state index in [2.05, 4.69) is 5.10 Å². The van der Waals surface area contributed by atoms with Gasteiger partial charge in [0.1, 0.15) is 11.1 Å². The number of aromatic nitrogens is 2. The van der Waals surface area contributed by atoms with Gasteiger partial charge in [0.15, 0.2) is 5.69 Å². The smallest absolute Gasteiger partial charge is 0.244 e. The van der Waals surface area contributed by atoms with Crippen molar-refractivity contribution in [3.05, 3.63) is 16.4 Å². The van der Waals surface area contributed by atoms with E-state index in [1.165, 1.54) is 6.92 Å². The van der Waals surface area contributed by atoms with Crippen molar-refractivity contribution >= 4 is 17.5 Å². The van der Waals surface area contributed by atoms with E-state index in [9.17, 15) is 4.79 Å². The standard InChI is InChI=1S/C7H6ClN3O/c1-4-7(8)6(3-9)10-11(4)5(2)12/h1-2H3. The Morgan fingerprint density at radius 3 is 2.58 bits per heavy atom. The highest BCUT2D eigenvalue weighted by Crippen LogP contribution is 2.18. The van der Waals surface area contributed by atoms with Gasteiger partial charge in [-0.1, -0.05) is 11.6 Å². The molecule has 4 nitrogen and oxygen atoms in total. The number of carbonyl (C=O) groups excluding carboxylic acids is 1. The normalized spacial score (nSPS) is 9.50. The minimum Gasteiger partial charge on any atom is -0.273 e. The van der Waals surface area contributed by atoms with Crippen LogP contribution >= 0.6 is 11.6 Å². The molecule has 0 N–H and O–H groups in total. The molecule has 1 aromatic rings. The van der Waals surface area contributed by atoms with E-state index in [4.69, 9.17) is 16.9 Å². The number of halogens is 1. The highest BCUT2D eigenvalue weighted by atomic mass is 35.5. The summed E-state index contributed by atoms with van der Waals surface area (Å²) in [4.78, 5) is 10.9. The Balaban J connectivity index is 3.37. The number of hydrogen-bond donors (Lipinski definition) is 0. The molecular formula is C7H6ClN3O. The van der Waals surface area contributed by atoms with Crippen molar-refractivity contribution in [3.63, 3.8) is 0 Å². The Hall–Kier alpha value is -1.34. The lowest BCUT2D eigenvalue weighted by atomic mass is 10.4. The molecule has 0 aromatic carbocycles. The zero-order chi connectivity index (χ0) is 9.30. The molecule has 0 aliphatic heterocycles. The topological polar surface area (TPSA) is 58.7 Å². The van der Waals surface area contributed by atoms with E-state index in [1.54, 1.807) is 13.0 Å². The number of hydrogen-bond acceptors (Lipinski definition) is 3. The van der Waals surface area contributed by atoms with Crippen molar-refractivity contribution < 1.29 is 4.79 Å². The van der Waals surface area contributed by atoms with Crippen LogP contribution in [0, 0.1) is 18.3 Å². The molecule has 0 amide bonds. The van der Waals surface area contributed by atoms with Crippen molar-refractivity contribution in [2.24, 2.45) is 0 Å². The zero-order valence-corrected chi connectivity index (χ0v) is 7.38. The van der Waals surface area contributed by atoms with Gasteiger partial charge in [-0.3, -0.25) is 4.79 Å². The quantitative estimate of drug-likeness (QED) is 0.611. The number of nitriles is 1. The first-order chi connectivity index (χ1) is 5.57. The Kier molecular flexibility index (Phi) is 2.15. The van der Waals surface area contributed by atoms with Gasteiger partial charge >= 0.3 is 0 Å². The summed E-state index contributed by atoms with van der Waals surface area (Å²) in [6.45, 7) is 3.00. The van der Waals surface area contributed by atoms with Crippen molar-refractivity contribution in [3.8, 4) is 6.07 Å². The Labute approximate surface area is 74.4 Å². The minimum atomic E-state index is -0.254. The van der Waals surface area contributed by atoms with Crippen LogP contribution in [0.5, 0.6) is 0 Å². The summed E-state index contributed by atoms with van der Waals surface area (Å²) in [5, 5.41) is 12.5. The van der Waals surface area contributed by atoms with Gasteiger partial charge < -0.3 is 0 Å². The maximum Gasteiger partial charge on any atom is 0.244 e. The maximum absolute atomic E-state index is 10.9. The van der Waals surface area contributed by atoms with E-state index < -0.39 is 0 Å². The van der Waals surface area contributed by atoms with Gasteiger partial charge in [-0.25, -0.2) is 4.68 Å². The third-order valence-corrected chi connectivity index (χ3v) is 1.90. The largest absolute Gasteiger partial charge is 0.273 e. The second kappa shape index (κ2) is 2.95. The molecule has 0 atom stereocenters. The van der Waals surface area contributed by atoms with Crippen LogP contribution in [0.3, 0.4) is 0 Å². The summed E-state index contributed by atoms with van der Waals surface area (Å²) in [6.07, 6.45) is 0. The van der Waals surface area contributed by atoms with Crippen molar-refractivity contribution in [1.29, 1.82) is 5.26 Å². The second-order valence-electron chi connectivity index (χ2n) is 2.29. The Morgan fingerprint density at radius 2 is 2.33 bits per heavy atom. The van der Waals surface area contributed by atoms with Crippen molar-refractivity contribution in [2.75, 3.05) is 0 Å². The summed E-state index contributed by atoms with van der Waals surface area (Å²) < 4.78 is 1.11. The molecule has 0 fully saturated rings. The molecule has 0 aliphatic carbocycles. The fourth-order valence-electron chi connectivity index (χ4n) is 0.861. The third kappa shape index (κ3) is 1.19. The minimum absolute atomic E-state index is 0.0874. The fourth-order valence-corrected chi connectivity index (χ4v) is 1.02. The van der Waals surface area contributed by atoms with Crippen molar-refractivity contribution in [1.82, 2.24) is 9.78 Å². The molecule has 1 aromatic heterocycles. The monoisotopic (exact) mass is 183 g/mol. The average Bonchev–Trinajstić information content (AvgIpc) is 2.30. The SMILES string of the molecule is CC(=O)n1nc(C#N)c(Cl)c1C. The summed E-state index contributed by atoms with van der Waals surface area (Å²) >= 11 is 5.70. The van der Waals surface area contributed by atoms with Crippen LogP contribution in [0.4, 0.5) is 0 Å². The third-order valence-electron chi connectivity index (χ3n) is 1.45. The lowest BCUT2D eigenvalue weighted by molar-refractivity contribution is 0.0918. The Bertz CT molecular complexity index is 375. The van der Waals surface area contributed by atoms with Gasteiger partial charge in [0.2, 0.25) is 5.91 Å². The van der Waals surface area contributed by atoms with E-state index in [0.717, 1.165) is 4.68 Å². The first kappa shape index (κ1) is 8.75. The number of carbonyl (C=O) groups is 1. The fraction of sp³-hybridized carbons (Fsp3) is 0.286. The van der Waals surface area contributed by atoms with Crippen LogP contribution in [0.25, 0.3) is 0 Å². The summed E-state index contributed by atoms with van der Waals surface area (Å²) in [6, 6.07) is 1.80. The first-order valence-electron chi connectivity index (χ1n) is 3.24. The molecule has 0 unspecified atom stereocenters.